The van der Waals surface area contributed by atoms with Gasteiger partial charge < -0.3 is 19.3 Å². The van der Waals surface area contributed by atoms with Gasteiger partial charge in [0, 0.05) is 30.8 Å². The lowest BCUT2D eigenvalue weighted by atomic mass is 9.65. The summed E-state index contributed by atoms with van der Waals surface area (Å²) in [6.45, 7) is 18.0. The average Bonchev–Trinajstić information content (AvgIpc) is 3.43. The lowest BCUT2D eigenvalue weighted by molar-refractivity contribution is -0.147. The number of hydrogen-bond donors (Lipinski definition) is 1. The van der Waals surface area contributed by atoms with Gasteiger partial charge in [0.15, 0.2) is 0 Å². The Kier molecular flexibility index (Phi) is 10.2. The summed E-state index contributed by atoms with van der Waals surface area (Å²) in [5.41, 5.74) is 4.86. The summed E-state index contributed by atoms with van der Waals surface area (Å²) >= 11 is 0. The monoisotopic (exact) mass is 612 g/mol. The van der Waals surface area contributed by atoms with Crippen molar-refractivity contribution >= 4 is 11.9 Å². The Hall–Kier alpha value is -3.66. The molecule has 0 bridgehead atoms. The summed E-state index contributed by atoms with van der Waals surface area (Å²) in [4.78, 5) is 24.1. The minimum atomic E-state index is -0.589. The first-order chi connectivity index (χ1) is 21.0. The Bertz CT molecular complexity index is 1540. The Labute approximate surface area is 269 Å². The van der Waals surface area contributed by atoms with Gasteiger partial charge in [-0.25, -0.2) is 4.79 Å². The summed E-state index contributed by atoms with van der Waals surface area (Å²) in [5.74, 6) is 6.49. The van der Waals surface area contributed by atoms with Gasteiger partial charge in [-0.15, -0.1) is 0 Å². The van der Waals surface area contributed by atoms with Crippen molar-refractivity contribution < 1.29 is 28.9 Å². The highest BCUT2D eigenvalue weighted by molar-refractivity contribution is 5.94. The Morgan fingerprint density at radius 2 is 1.69 bits per heavy atom. The zero-order valence-electron chi connectivity index (χ0n) is 28.2. The van der Waals surface area contributed by atoms with E-state index in [0.717, 1.165) is 35.1 Å². The van der Waals surface area contributed by atoms with Crippen LogP contribution in [0.2, 0.25) is 0 Å². The molecule has 4 aliphatic rings. The molecular formula is C39H48O6. The van der Waals surface area contributed by atoms with Crippen molar-refractivity contribution in [3.8, 4) is 11.8 Å². The highest BCUT2D eigenvalue weighted by atomic mass is 16.6. The first-order valence-corrected chi connectivity index (χ1v) is 15.8. The van der Waals surface area contributed by atoms with Gasteiger partial charge in [0.1, 0.15) is 18.0 Å². The molecular weight excluding hydrogens is 564 g/mol. The molecule has 0 aromatic rings. The lowest BCUT2D eigenvalue weighted by Gasteiger charge is -2.44. The van der Waals surface area contributed by atoms with Crippen molar-refractivity contribution in [3.63, 3.8) is 0 Å². The van der Waals surface area contributed by atoms with Gasteiger partial charge in [-0.2, -0.15) is 0 Å². The van der Waals surface area contributed by atoms with Gasteiger partial charge in [-0.05, 0) is 80.9 Å². The molecule has 45 heavy (non-hydrogen) atoms. The van der Waals surface area contributed by atoms with Crippen LogP contribution in [-0.2, 0) is 23.8 Å². The molecule has 2 aliphatic carbocycles. The number of carbonyl (C=O) groups is 2. The van der Waals surface area contributed by atoms with Gasteiger partial charge in [0.25, 0.3) is 0 Å². The normalized spacial score (nSPS) is 30.7. The number of allylic oxidation sites excluding steroid dienone is 11. The molecule has 1 unspecified atom stereocenters. The predicted octanol–water partition coefficient (Wildman–Crippen LogP) is 7.69. The standard InChI is InChI=1S/C39H48O6/c1-25(16-17-33-27(3)19-31(43-28(4)40)24-37(33,5)6)14-12-10-11-13-15-26(2)18-30-20-32(36(42)44-30)34-21-35-38(7,8)22-29(41)23-39(35,9)45-34/h10-15,18,20-21,29,31,34,41H,19,22-24H2,1-9H3/b12-10+,13-11+,25-14+,26-15+,30-18-/t29-,31-,34?,39+/m0/s1. The van der Waals surface area contributed by atoms with Crippen molar-refractivity contribution in [2.45, 2.75) is 112 Å². The predicted molar refractivity (Wildman–Crippen MR) is 177 cm³/mol. The van der Waals surface area contributed by atoms with E-state index in [-0.39, 0.29) is 22.9 Å². The number of aliphatic hydroxyl groups is 1. The fourth-order valence-electron chi connectivity index (χ4n) is 7.23. The highest BCUT2D eigenvalue weighted by Crippen LogP contribution is 2.52. The van der Waals surface area contributed by atoms with E-state index >= 15 is 0 Å². The third-order valence-electron chi connectivity index (χ3n) is 8.93. The Morgan fingerprint density at radius 3 is 2.36 bits per heavy atom. The molecule has 0 radical (unpaired) electrons. The number of ether oxygens (including phenoxy) is 3. The van der Waals surface area contributed by atoms with Crippen LogP contribution in [0.5, 0.6) is 0 Å². The van der Waals surface area contributed by atoms with E-state index in [4.69, 9.17) is 14.2 Å². The molecule has 0 saturated heterocycles. The van der Waals surface area contributed by atoms with Gasteiger partial charge in [-0.3, -0.25) is 4.79 Å². The molecule has 0 amide bonds. The zero-order chi connectivity index (χ0) is 33.2. The van der Waals surface area contributed by atoms with Crippen LogP contribution in [-0.4, -0.2) is 41.0 Å². The third-order valence-corrected chi connectivity index (χ3v) is 8.93. The van der Waals surface area contributed by atoms with E-state index in [1.165, 1.54) is 12.5 Å². The molecule has 0 aromatic heterocycles. The van der Waals surface area contributed by atoms with Crippen molar-refractivity contribution in [3.05, 3.63) is 93.9 Å². The van der Waals surface area contributed by atoms with Crippen LogP contribution >= 0.6 is 0 Å². The van der Waals surface area contributed by atoms with E-state index in [2.05, 4.69) is 46.5 Å². The second-order valence-corrected chi connectivity index (χ2v) is 14.3. The summed E-state index contributed by atoms with van der Waals surface area (Å²) in [6, 6.07) is 0. The molecule has 6 nitrogen and oxygen atoms in total. The number of aliphatic hydroxyl groups excluding tert-OH is 1. The number of rotatable bonds is 6. The van der Waals surface area contributed by atoms with E-state index in [9.17, 15) is 14.7 Å². The molecule has 1 fully saturated rings. The highest BCUT2D eigenvalue weighted by Gasteiger charge is 2.52. The molecule has 0 spiro atoms. The maximum Gasteiger partial charge on any atom is 0.342 e. The molecule has 2 heterocycles. The third kappa shape index (κ3) is 8.34. The van der Waals surface area contributed by atoms with Gasteiger partial charge in [0.2, 0.25) is 0 Å². The van der Waals surface area contributed by atoms with Crippen molar-refractivity contribution in [1.82, 2.24) is 0 Å². The number of esters is 2. The minimum Gasteiger partial charge on any atom is -0.462 e. The van der Waals surface area contributed by atoms with E-state index in [0.29, 0.717) is 24.2 Å². The molecule has 6 heteroatoms. The maximum atomic E-state index is 12.7. The molecule has 2 aliphatic heterocycles. The topological polar surface area (TPSA) is 82.1 Å². The van der Waals surface area contributed by atoms with E-state index < -0.39 is 23.8 Å². The molecule has 4 rings (SSSR count). The number of fused-ring (bicyclic) bond motifs is 1. The first kappa shape index (κ1) is 34.2. The summed E-state index contributed by atoms with van der Waals surface area (Å²) in [5, 5.41) is 10.4. The van der Waals surface area contributed by atoms with E-state index in [1.807, 2.05) is 69.4 Å². The van der Waals surface area contributed by atoms with Crippen LogP contribution < -0.4 is 0 Å². The molecule has 1 saturated carbocycles. The van der Waals surface area contributed by atoms with Crippen LogP contribution in [0.15, 0.2) is 93.9 Å². The van der Waals surface area contributed by atoms with Crippen molar-refractivity contribution in [1.29, 1.82) is 0 Å². The number of cyclic esters (lactones) is 1. The maximum absolute atomic E-state index is 12.7. The number of hydrogen-bond acceptors (Lipinski definition) is 6. The van der Waals surface area contributed by atoms with Crippen LogP contribution in [0.4, 0.5) is 0 Å². The Balaban J connectivity index is 1.35. The second kappa shape index (κ2) is 13.4. The van der Waals surface area contributed by atoms with Crippen LogP contribution in [0, 0.1) is 22.7 Å². The quantitative estimate of drug-likeness (QED) is 0.143. The zero-order valence-corrected chi connectivity index (χ0v) is 28.2. The van der Waals surface area contributed by atoms with Crippen LogP contribution in [0.1, 0.15) is 88.0 Å². The smallest absolute Gasteiger partial charge is 0.342 e. The molecule has 1 N–H and O–H groups in total. The Morgan fingerprint density at radius 1 is 1.00 bits per heavy atom. The first-order valence-electron chi connectivity index (χ1n) is 15.8. The SMILES string of the molecule is CC(=O)O[C@H]1CC(C)=C(C#C/C(C)=C/C=C/C=C/C=C(C)/C=C2/C=C(C3C=C4C(C)(C)C[C@H](O)C[C@@]4(C)O3)C(=O)O2)C(C)(C)C1. The summed E-state index contributed by atoms with van der Waals surface area (Å²) < 4.78 is 17.4. The fourth-order valence-corrected chi connectivity index (χ4v) is 7.23. The van der Waals surface area contributed by atoms with E-state index in [1.54, 1.807) is 6.08 Å². The molecule has 4 atom stereocenters. The lowest BCUT2D eigenvalue weighted by Crippen LogP contribution is -2.45. The number of carbonyl (C=O) groups excluding carboxylic acids is 2. The van der Waals surface area contributed by atoms with Gasteiger partial charge in [-0.1, -0.05) is 81.6 Å². The summed E-state index contributed by atoms with van der Waals surface area (Å²) in [6.07, 6.45) is 19.0. The average molecular weight is 613 g/mol. The van der Waals surface area contributed by atoms with Gasteiger partial charge >= 0.3 is 11.9 Å². The van der Waals surface area contributed by atoms with Gasteiger partial charge in [0.05, 0.1) is 17.3 Å². The van der Waals surface area contributed by atoms with Crippen LogP contribution in [0.25, 0.3) is 0 Å². The van der Waals surface area contributed by atoms with Crippen LogP contribution in [0.3, 0.4) is 0 Å². The van der Waals surface area contributed by atoms with Crippen molar-refractivity contribution in [2.75, 3.05) is 0 Å². The fraction of sp³-hybridized carbons (Fsp3) is 0.487. The van der Waals surface area contributed by atoms with Crippen molar-refractivity contribution in [2.24, 2.45) is 10.8 Å². The second-order valence-electron chi connectivity index (χ2n) is 14.3. The minimum absolute atomic E-state index is 0.0905. The molecule has 240 valence electrons. The molecule has 0 aromatic carbocycles. The summed E-state index contributed by atoms with van der Waals surface area (Å²) in [7, 11) is 0. The largest absolute Gasteiger partial charge is 0.462 e.